The minimum Gasteiger partial charge on any atom is -0.392 e. The third-order valence-electron chi connectivity index (χ3n) is 6.97. The molecule has 3 rings (SSSR count). The number of aliphatic hydroxyl groups is 2. The highest BCUT2D eigenvalue weighted by atomic mass is 16.3. The first-order valence-corrected chi connectivity index (χ1v) is 10.9. The zero-order chi connectivity index (χ0) is 18.5. The third-order valence-corrected chi connectivity index (χ3v) is 6.97. The second kappa shape index (κ2) is 9.52. The average Bonchev–Trinajstić information content (AvgIpc) is 3.29. The summed E-state index contributed by atoms with van der Waals surface area (Å²) in [4.78, 5) is 2.26. The van der Waals surface area contributed by atoms with Crippen LogP contribution in [0.5, 0.6) is 0 Å². The van der Waals surface area contributed by atoms with Gasteiger partial charge < -0.3 is 15.1 Å². The molecule has 2 saturated carbocycles. The van der Waals surface area contributed by atoms with Crippen molar-refractivity contribution in [3.63, 3.8) is 0 Å². The van der Waals surface area contributed by atoms with Gasteiger partial charge in [-0.3, -0.25) is 0 Å². The molecule has 3 aliphatic rings. The molecule has 0 aromatic rings. The van der Waals surface area contributed by atoms with Gasteiger partial charge in [0.2, 0.25) is 0 Å². The maximum Gasteiger partial charge on any atom is 0.0749 e. The number of hydrogen-bond donors (Lipinski definition) is 2. The van der Waals surface area contributed by atoms with Crippen molar-refractivity contribution in [2.75, 3.05) is 20.6 Å². The summed E-state index contributed by atoms with van der Waals surface area (Å²) in [6.45, 7) is 1.19. The van der Waals surface area contributed by atoms with E-state index in [1.54, 1.807) is 5.57 Å². The Bertz CT molecular complexity index is 492. The molecule has 148 valence electrons. The van der Waals surface area contributed by atoms with Crippen molar-refractivity contribution in [1.29, 1.82) is 0 Å². The van der Waals surface area contributed by atoms with Crippen molar-refractivity contribution in [3.05, 3.63) is 23.8 Å². The van der Waals surface area contributed by atoms with Crippen LogP contribution in [0.4, 0.5) is 0 Å². The minimum atomic E-state index is -0.311. The normalized spacial score (nSPS) is 33.3. The average molecular weight is 362 g/mol. The molecular formula is C23H39NO2. The van der Waals surface area contributed by atoms with E-state index in [0.717, 1.165) is 25.7 Å². The molecule has 0 unspecified atom stereocenters. The highest BCUT2D eigenvalue weighted by Gasteiger charge is 2.43. The smallest absolute Gasteiger partial charge is 0.0749 e. The largest absolute Gasteiger partial charge is 0.392 e. The summed E-state index contributed by atoms with van der Waals surface area (Å²) in [5, 5.41) is 20.9. The lowest BCUT2D eigenvalue weighted by atomic mass is 9.88. The van der Waals surface area contributed by atoms with Crippen molar-refractivity contribution in [1.82, 2.24) is 4.90 Å². The van der Waals surface area contributed by atoms with E-state index in [-0.39, 0.29) is 18.1 Å². The van der Waals surface area contributed by atoms with Crippen molar-refractivity contribution in [2.24, 2.45) is 23.7 Å². The van der Waals surface area contributed by atoms with E-state index in [9.17, 15) is 10.2 Å². The Labute approximate surface area is 160 Å². The second-order valence-electron chi connectivity index (χ2n) is 9.27. The Kier molecular flexibility index (Phi) is 7.36. The monoisotopic (exact) mass is 361 g/mol. The number of hydrogen-bond acceptors (Lipinski definition) is 3. The van der Waals surface area contributed by atoms with Crippen molar-refractivity contribution in [3.8, 4) is 0 Å². The molecule has 0 aromatic heterocycles. The Morgan fingerprint density at radius 3 is 2.69 bits per heavy atom. The van der Waals surface area contributed by atoms with Gasteiger partial charge in [0.15, 0.2) is 0 Å². The highest BCUT2D eigenvalue weighted by Crippen LogP contribution is 2.48. The molecule has 2 fully saturated rings. The van der Waals surface area contributed by atoms with E-state index in [1.165, 1.54) is 45.1 Å². The van der Waals surface area contributed by atoms with Gasteiger partial charge in [0.05, 0.1) is 12.2 Å². The van der Waals surface area contributed by atoms with Crippen LogP contribution in [0.3, 0.4) is 0 Å². The predicted octanol–water partition coefficient (Wildman–Crippen LogP) is 4.16. The zero-order valence-electron chi connectivity index (χ0n) is 16.8. The van der Waals surface area contributed by atoms with Crippen LogP contribution in [0, 0.1) is 23.7 Å². The van der Waals surface area contributed by atoms with Crippen molar-refractivity contribution in [2.45, 2.75) is 76.4 Å². The molecule has 26 heavy (non-hydrogen) atoms. The van der Waals surface area contributed by atoms with Crippen LogP contribution in [-0.2, 0) is 0 Å². The van der Waals surface area contributed by atoms with Gasteiger partial charge in [0.1, 0.15) is 0 Å². The Morgan fingerprint density at radius 1 is 1.19 bits per heavy atom. The fourth-order valence-electron chi connectivity index (χ4n) is 5.45. The lowest BCUT2D eigenvalue weighted by Gasteiger charge is -2.20. The Balaban J connectivity index is 1.45. The molecule has 0 aliphatic heterocycles. The molecule has 3 heteroatoms. The maximum atomic E-state index is 10.5. The summed E-state index contributed by atoms with van der Waals surface area (Å²) < 4.78 is 0. The van der Waals surface area contributed by atoms with Crippen LogP contribution >= 0.6 is 0 Å². The summed E-state index contributed by atoms with van der Waals surface area (Å²) >= 11 is 0. The van der Waals surface area contributed by atoms with Gasteiger partial charge in [0.25, 0.3) is 0 Å². The molecular weight excluding hydrogens is 322 g/mol. The van der Waals surface area contributed by atoms with Gasteiger partial charge in [-0.2, -0.15) is 0 Å². The second-order valence-corrected chi connectivity index (χ2v) is 9.27. The maximum absolute atomic E-state index is 10.5. The first kappa shape index (κ1) is 20.1. The zero-order valence-corrected chi connectivity index (χ0v) is 16.8. The number of allylic oxidation sites excluding steroid dienone is 2. The summed E-state index contributed by atoms with van der Waals surface area (Å²) in [6, 6.07) is 0. The van der Waals surface area contributed by atoms with Crippen LogP contribution in [-0.4, -0.2) is 48.0 Å². The van der Waals surface area contributed by atoms with Crippen LogP contribution in [0.15, 0.2) is 23.8 Å². The highest BCUT2D eigenvalue weighted by molar-refractivity contribution is 5.21. The molecule has 0 bridgehead atoms. The predicted molar refractivity (Wildman–Crippen MR) is 108 cm³/mol. The van der Waals surface area contributed by atoms with Crippen LogP contribution in [0.25, 0.3) is 0 Å². The van der Waals surface area contributed by atoms with Gasteiger partial charge in [-0.15, -0.1) is 0 Å². The van der Waals surface area contributed by atoms with Gasteiger partial charge in [0, 0.05) is 5.92 Å². The number of unbranched alkanes of at least 4 members (excludes halogenated alkanes) is 2. The molecule has 0 saturated heterocycles. The molecule has 0 heterocycles. The van der Waals surface area contributed by atoms with E-state index in [4.69, 9.17) is 0 Å². The first-order chi connectivity index (χ1) is 12.5. The van der Waals surface area contributed by atoms with Gasteiger partial charge in [-0.25, -0.2) is 0 Å². The van der Waals surface area contributed by atoms with E-state index >= 15 is 0 Å². The SMILES string of the molecule is CN(C)CCCCCC1=C[C@H]2C[C@@H](O)[C@H](C=C[C@H](O)C3CCCC3)[C@H]2C1. The molecule has 0 amide bonds. The van der Waals surface area contributed by atoms with E-state index in [1.807, 2.05) is 6.08 Å². The van der Waals surface area contributed by atoms with Gasteiger partial charge in [-0.05, 0) is 83.3 Å². The van der Waals surface area contributed by atoms with E-state index in [0.29, 0.717) is 17.8 Å². The molecule has 2 N–H and O–H groups in total. The molecule has 5 atom stereocenters. The van der Waals surface area contributed by atoms with Crippen LogP contribution in [0.2, 0.25) is 0 Å². The third kappa shape index (κ3) is 5.21. The van der Waals surface area contributed by atoms with E-state index in [2.05, 4.69) is 31.1 Å². The molecule has 0 spiro atoms. The molecule has 3 nitrogen and oxygen atoms in total. The quantitative estimate of drug-likeness (QED) is 0.479. The molecule has 0 aromatic carbocycles. The number of aliphatic hydroxyl groups excluding tert-OH is 2. The Morgan fingerprint density at radius 2 is 1.96 bits per heavy atom. The fourth-order valence-corrected chi connectivity index (χ4v) is 5.45. The summed E-state index contributed by atoms with van der Waals surface area (Å²) in [5.74, 6) is 1.80. The summed E-state index contributed by atoms with van der Waals surface area (Å²) in [6.07, 6.45) is 18.1. The lowest BCUT2D eigenvalue weighted by molar-refractivity contribution is 0.135. The van der Waals surface area contributed by atoms with E-state index < -0.39 is 0 Å². The summed E-state index contributed by atoms with van der Waals surface area (Å²) in [5.41, 5.74) is 1.62. The molecule has 3 aliphatic carbocycles. The van der Waals surface area contributed by atoms with Crippen LogP contribution < -0.4 is 0 Å². The molecule has 0 radical (unpaired) electrons. The Hall–Kier alpha value is -0.640. The van der Waals surface area contributed by atoms with Gasteiger partial charge in [-0.1, -0.05) is 43.1 Å². The standard InChI is InChI=1S/C23H39NO2/c1-24(2)13-7-3-4-8-17-14-19-16-23(26)20(21(19)15-17)11-12-22(25)18-9-5-6-10-18/h11-12,14,18-23,25-26H,3-10,13,15-16H2,1-2H3/t19-,20+,21-,22-,23+/m0/s1. The first-order valence-electron chi connectivity index (χ1n) is 10.9. The topological polar surface area (TPSA) is 43.7 Å². The van der Waals surface area contributed by atoms with Crippen molar-refractivity contribution >= 4 is 0 Å². The lowest BCUT2D eigenvalue weighted by Crippen LogP contribution is -2.19. The summed E-state index contributed by atoms with van der Waals surface area (Å²) in [7, 11) is 4.28. The fraction of sp³-hybridized carbons (Fsp3) is 0.826. The van der Waals surface area contributed by atoms with Crippen molar-refractivity contribution < 1.29 is 10.2 Å². The van der Waals surface area contributed by atoms with Gasteiger partial charge >= 0.3 is 0 Å². The number of fused-ring (bicyclic) bond motifs is 1. The number of rotatable bonds is 9. The minimum absolute atomic E-state index is 0.227. The van der Waals surface area contributed by atoms with Crippen LogP contribution in [0.1, 0.15) is 64.2 Å². The number of nitrogens with zero attached hydrogens (tertiary/aromatic N) is 1.